The van der Waals surface area contributed by atoms with Crippen molar-refractivity contribution in [2.75, 3.05) is 26.8 Å². The molecule has 142 valence electrons. The largest absolute Gasteiger partial charge is 0.383 e. The fourth-order valence-electron chi connectivity index (χ4n) is 3.67. The molecule has 1 amide bonds. The average Bonchev–Trinajstić information content (AvgIpc) is 3.26. The van der Waals surface area contributed by atoms with Crippen LogP contribution in [-0.2, 0) is 24.8 Å². The molecule has 26 heavy (non-hydrogen) atoms. The second-order valence-electron chi connectivity index (χ2n) is 6.93. The van der Waals surface area contributed by atoms with Crippen LogP contribution in [0.25, 0.3) is 0 Å². The van der Waals surface area contributed by atoms with Crippen LogP contribution in [0.1, 0.15) is 54.1 Å². The van der Waals surface area contributed by atoms with Crippen LogP contribution in [0.2, 0.25) is 0 Å². The molecule has 3 heterocycles. The van der Waals surface area contributed by atoms with Crippen LogP contribution in [0.5, 0.6) is 0 Å². The Bertz CT molecular complexity index is 728. The quantitative estimate of drug-likeness (QED) is 0.760. The Kier molecular flexibility index (Phi) is 6.08. The van der Waals surface area contributed by atoms with E-state index in [2.05, 4.69) is 21.6 Å². The van der Waals surface area contributed by atoms with Gasteiger partial charge >= 0.3 is 0 Å². The second-order valence-corrected chi connectivity index (χ2v) is 6.93. The Morgan fingerprint density at radius 2 is 2.12 bits per heavy atom. The molecule has 1 aliphatic rings. The number of nitrogens with zero attached hydrogens (tertiary/aromatic N) is 5. The van der Waals surface area contributed by atoms with Gasteiger partial charge in [-0.2, -0.15) is 5.10 Å². The molecule has 7 nitrogen and oxygen atoms in total. The molecule has 1 aliphatic heterocycles. The van der Waals surface area contributed by atoms with Crippen LogP contribution in [-0.4, -0.2) is 56.9 Å². The molecule has 1 saturated heterocycles. The molecule has 3 rings (SSSR count). The Morgan fingerprint density at radius 1 is 1.35 bits per heavy atom. The number of ether oxygens (including phenoxy) is 1. The molecular weight excluding hydrogens is 330 g/mol. The van der Waals surface area contributed by atoms with E-state index in [-0.39, 0.29) is 5.91 Å². The summed E-state index contributed by atoms with van der Waals surface area (Å²) in [6.07, 6.45) is 7.69. The number of amides is 1. The number of aryl methyl sites for hydroxylation is 2. The topological polar surface area (TPSA) is 65.2 Å². The number of hydrogen-bond donors (Lipinski definition) is 0. The van der Waals surface area contributed by atoms with Crippen molar-refractivity contribution in [3.63, 3.8) is 0 Å². The van der Waals surface area contributed by atoms with E-state index in [1.165, 1.54) is 0 Å². The fourth-order valence-corrected chi connectivity index (χ4v) is 3.67. The van der Waals surface area contributed by atoms with Gasteiger partial charge in [-0.1, -0.05) is 13.3 Å². The molecular formula is C19H29N5O2. The summed E-state index contributed by atoms with van der Waals surface area (Å²) in [5.41, 5.74) is 1.68. The summed E-state index contributed by atoms with van der Waals surface area (Å²) in [5.74, 6) is 1.59. The van der Waals surface area contributed by atoms with E-state index >= 15 is 0 Å². The predicted molar refractivity (Wildman–Crippen MR) is 99.2 cm³/mol. The molecule has 0 bridgehead atoms. The highest BCUT2D eigenvalue weighted by Gasteiger charge is 2.28. The minimum absolute atomic E-state index is 0.0866. The molecule has 0 spiro atoms. The predicted octanol–water partition coefficient (Wildman–Crippen LogP) is 2.24. The highest BCUT2D eigenvalue weighted by molar-refractivity contribution is 5.92. The maximum Gasteiger partial charge on any atom is 0.272 e. The van der Waals surface area contributed by atoms with Gasteiger partial charge in [0.15, 0.2) is 0 Å². The third-order valence-electron chi connectivity index (χ3n) is 5.09. The lowest BCUT2D eigenvalue weighted by Gasteiger charge is -2.31. The van der Waals surface area contributed by atoms with Gasteiger partial charge in [-0.25, -0.2) is 4.98 Å². The van der Waals surface area contributed by atoms with Crippen LogP contribution in [0, 0.1) is 0 Å². The molecule has 0 atom stereocenters. The number of imidazole rings is 1. The summed E-state index contributed by atoms with van der Waals surface area (Å²) in [5, 5.41) is 4.46. The van der Waals surface area contributed by atoms with Crippen molar-refractivity contribution in [1.29, 1.82) is 0 Å². The van der Waals surface area contributed by atoms with Gasteiger partial charge in [-0.3, -0.25) is 9.48 Å². The third-order valence-corrected chi connectivity index (χ3v) is 5.09. The van der Waals surface area contributed by atoms with E-state index < -0.39 is 0 Å². The van der Waals surface area contributed by atoms with Crippen molar-refractivity contribution >= 4 is 5.91 Å². The van der Waals surface area contributed by atoms with Gasteiger partial charge in [0.05, 0.1) is 12.3 Å². The normalized spacial score (nSPS) is 15.6. The number of likely N-dealkylation sites (tertiary alicyclic amines) is 1. The standard InChI is InChI=1S/C19H29N5O2/c1-4-5-16-14-17(22(2)21-16)19(25)24-9-6-15(7-10-24)18-20-8-11-23(18)12-13-26-3/h8,11,14-15H,4-7,9-10,12-13H2,1-3H3. The van der Waals surface area contributed by atoms with E-state index in [9.17, 15) is 4.79 Å². The van der Waals surface area contributed by atoms with E-state index in [1.54, 1.807) is 11.8 Å². The highest BCUT2D eigenvalue weighted by atomic mass is 16.5. The maximum absolute atomic E-state index is 12.9. The van der Waals surface area contributed by atoms with Crippen LogP contribution < -0.4 is 0 Å². The van der Waals surface area contributed by atoms with Gasteiger partial charge < -0.3 is 14.2 Å². The summed E-state index contributed by atoms with van der Waals surface area (Å²) >= 11 is 0. The lowest BCUT2D eigenvalue weighted by atomic mass is 9.95. The number of aromatic nitrogens is 4. The Morgan fingerprint density at radius 3 is 2.81 bits per heavy atom. The lowest BCUT2D eigenvalue weighted by molar-refractivity contribution is 0.0699. The molecule has 2 aromatic rings. The fraction of sp³-hybridized carbons (Fsp3) is 0.632. The second kappa shape index (κ2) is 8.49. The Balaban J connectivity index is 1.61. The first kappa shape index (κ1) is 18.6. The van der Waals surface area contributed by atoms with Crippen LogP contribution in [0.4, 0.5) is 0 Å². The third kappa shape index (κ3) is 3.98. The number of carbonyl (C=O) groups excluding carboxylic acids is 1. The van der Waals surface area contributed by atoms with Crippen LogP contribution in [0.3, 0.4) is 0 Å². The van der Waals surface area contributed by atoms with Gasteiger partial charge in [0.1, 0.15) is 11.5 Å². The zero-order chi connectivity index (χ0) is 18.5. The minimum Gasteiger partial charge on any atom is -0.383 e. The minimum atomic E-state index is 0.0866. The number of rotatable bonds is 7. The zero-order valence-corrected chi connectivity index (χ0v) is 16.0. The Hall–Kier alpha value is -2.15. The van der Waals surface area contributed by atoms with Gasteiger partial charge in [0.25, 0.3) is 5.91 Å². The number of piperidine rings is 1. The molecule has 0 aliphatic carbocycles. The number of carbonyl (C=O) groups is 1. The van der Waals surface area contributed by atoms with Gasteiger partial charge in [-0.15, -0.1) is 0 Å². The van der Waals surface area contributed by atoms with Crippen molar-refractivity contribution in [1.82, 2.24) is 24.2 Å². The lowest BCUT2D eigenvalue weighted by Crippen LogP contribution is -2.39. The van der Waals surface area contributed by atoms with Crippen molar-refractivity contribution in [2.24, 2.45) is 7.05 Å². The van der Waals surface area contributed by atoms with E-state index in [0.29, 0.717) is 18.2 Å². The van der Waals surface area contributed by atoms with Crippen molar-refractivity contribution < 1.29 is 9.53 Å². The van der Waals surface area contributed by atoms with Crippen molar-refractivity contribution in [3.05, 3.63) is 35.7 Å². The first-order chi connectivity index (χ1) is 12.6. The molecule has 0 unspecified atom stereocenters. The van der Waals surface area contributed by atoms with Gasteiger partial charge in [0.2, 0.25) is 0 Å². The highest BCUT2D eigenvalue weighted by Crippen LogP contribution is 2.27. The van der Waals surface area contributed by atoms with E-state index in [4.69, 9.17) is 4.74 Å². The molecule has 7 heteroatoms. The molecule has 1 fully saturated rings. The van der Waals surface area contributed by atoms with Crippen LogP contribution in [0.15, 0.2) is 18.5 Å². The molecule has 0 N–H and O–H groups in total. The van der Waals surface area contributed by atoms with Gasteiger partial charge in [-0.05, 0) is 25.3 Å². The summed E-state index contributed by atoms with van der Waals surface area (Å²) in [6.45, 7) is 5.14. The molecule has 2 aromatic heterocycles. The summed E-state index contributed by atoms with van der Waals surface area (Å²) in [6, 6.07) is 1.94. The first-order valence-electron chi connectivity index (χ1n) is 9.46. The summed E-state index contributed by atoms with van der Waals surface area (Å²) in [4.78, 5) is 19.4. The smallest absolute Gasteiger partial charge is 0.272 e. The maximum atomic E-state index is 12.9. The summed E-state index contributed by atoms with van der Waals surface area (Å²) in [7, 11) is 3.57. The average molecular weight is 359 g/mol. The molecule has 0 radical (unpaired) electrons. The van der Waals surface area contributed by atoms with E-state index in [0.717, 1.165) is 56.8 Å². The van der Waals surface area contributed by atoms with Crippen LogP contribution >= 0.6 is 0 Å². The monoisotopic (exact) mass is 359 g/mol. The van der Waals surface area contributed by atoms with Crippen molar-refractivity contribution in [3.8, 4) is 0 Å². The molecule has 0 saturated carbocycles. The Labute approximate surface area is 155 Å². The first-order valence-corrected chi connectivity index (χ1v) is 9.46. The number of hydrogen-bond acceptors (Lipinski definition) is 4. The van der Waals surface area contributed by atoms with Crippen molar-refractivity contribution in [2.45, 2.75) is 45.1 Å². The summed E-state index contributed by atoms with van der Waals surface area (Å²) < 4.78 is 9.07. The number of methoxy groups -OCH3 is 1. The van der Waals surface area contributed by atoms with Gasteiger partial charge in [0, 0.05) is 52.1 Å². The molecule has 0 aromatic carbocycles. The van der Waals surface area contributed by atoms with E-state index in [1.807, 2.05) is 30.4 Å². The SMILES string of the molecule is CCCc1cc(C(=O)N2CCC(c3nccn3CCOC)CC2)n(C)n1. The zero-order valence-electron chi connectivity index (χ0n) is 16.0.